The summed E-state index contributed by atoms with van der Waals surface area (Å²) in [6, 6.07) is 7.38. The molecule has 0 unspecified atom stereocenters. The molecule has 0 aliphatic heterocycles. The molecule has 0 bridgehead atoms. The Morgan fingerprint density at radius 1 is 1.27 bits per heavy atom. The van der Waals surface area contributed by atoms with Gasteiger partial charge in [-0.2, -0.15) is 5.26 Å². The maximum atomic E-state index is 11.3. The summed E-state index contributed by atoms with van der Waals surface area (Å²) in [5, 5.41) is 11.1. The van der Waals surface area contributed by atoms with Crippen LogP contribution in [0.1, 0.15) is 44.6 Å². The Morgan fingerprint density at radius 3 is 2.77 bits per heavy atom. The lowest BCUT2D eigenvalue weighted by molar-refractivity contribution is -0.120. The van der Waals surface area contributed by atoms with Crippen molar-refractivity contribution in [1.82, 2.24) is 5.32 Å². The fraction of sp³-hybridized carbons (Fsp3) is 0.529. The zero-order chi connectivity index (χ0) is 16.2. The van der Waals surface area contributed by atoms with Crippen molar-refractivity contribution in [3.63, 3.8) is 0 Å². The molecule has 0 aliphatic rings. The quantitative estimate of drug-likeness (QED) is 0.674. The van der Waals surface area contributed by atoms with Crippen molar-refractivity contribution in [3.05, 3.63) is 23.8 Å². The molecule has 1 rings (SSSR count). The van der Waals surface area contributed by atoms with E-state index in [4.69, 9.17) is 14.7 Å². The average molecular weight is 304 g/mol. The number of nitrogens with one attached hydrogen (secondary N) is 1. The van der Waals surface area contributed by atoms with Gasteiger partial charge in [-0.25, -0.2) is 0 Å². The van der Waals surface area contributed by atoms with E-state index in [-0.39, 0.29) is 12.3 Å². The molecule has 5 heteroatoms. The third-order valence-corrected chi connectivity index (χ3v) is 3.21. The minimum atomic E-state index is -0.277. The molecule has 1 aromatic rings. The van der Waals surface area contributed by atoms with Gasteiger partial charge in [-0.3, -0.25) is 4.79 Å². The molecule has 0 fully saturated rings. The summed E-state index contributed by atoms with van der Waals surface area (Å²) in [7, 11) is 1.60. The van der Waals surface area contributed by atoms with Crippen LogP contribution >= 0.6 is 0 Å². The van der Waals surface area contributed by atoms with Gasteiger partial charge in [0.2, 0.25) is 5.91 Å². The number of benzene rings is 1. The van der Waals surface area contributed by atoms with Crippen molar-refractivity contribution in [2.75, 3.05) is 13.7 Å². The highest BCUT2D eigenvalue weighted by molar-refractivity contribution is 5.77. The van der Waals surface area contributed by atoms with Crippen LogP contribution in [-0.2, 0) is 11.3 Å². The number of nitriles is 1. The molecular weight excluding hydrogens is 280 g/mol. The summed E-state index contributed by atoms with van der Waals surface area (Å²) >= 11 is 0. The molecule has 0 saturated carbocycles. The minimum absolute atomic E-state index is 0.128. The van der Waals surface area contributed by atoms with Crippen LogP contribution in [-0.4, -0.2) is 19.6 Å². The van der Waals surface area contributed by atoms with Crippen LogP contribution in [0.25, 0.3) is 0 Å². The molecule has 0 aromatic heterocycles. The van der Waals surface area contributed by atoms with Crippen LogP contribution in [0.4, 0.5) is 0 Å². The number of hydrogen-bond donors (Lipinski definition) is 1. The van der Waals surface area contributed by atoms with Crippen molar-refractivity contribution in [2.24, 2.45) is 0 Å². The zero-order valence-electron chi connectivity index (χ0n) is 13.4. The van der Waals surface area contributed by atoms with Gasteiger partial charge >= 0.3 is 0 Å². The van der Waals surface area contributed by atoms with Crippen LogP contribution in [0.5, 0.6) is 11.5 Å². The highest BCUT2D eigenvalue weighted by Crippen LogP contribution is 2.28. The summed E-state index contributed by atoms with van der Waals surface area (Å²) in [4.78, 5) is 11.3. The Hall–Kier alpha value is -2.22. The number of rotatable bonds is 10. The van der Waals surface area contributed by atoms with E-state index in [1.54, 1.807) is 7.11 Å². The topological polar surface area (TPSA) is 71.3 Å². The highest BCUT2D eigenvalue weighted by atomic mass is 16.5. The molecule has 0 radical (unpaired) electrons. The lowest BCUT2D eigenvalue weighted by atomic mass is 10.2. The summed E-state index contributed by atoms with van der Waals surface area (Å²) in [6.45, 7) is 3.20. The van der Waals surface area contributed by atoms with Gasteiger partial charge in [0.15, 0.2) is 11.5 Å². The van der Waals surface area contributed by atoms with Crippen molar-refractivity contribution in [1.29, 1.82) is 5.26 Å². The first-order valence-corrected chi connectivity index (χ1v) is 7.64. The lowest BCUT2D eigenvalue weighted by Gasteiger charge is -2.12. The van der Waals surface area contributed by atoms with Gasteiger partial charge in [0.05, 0.1) is 19.8 Å². The smallest absolute Gasteiger partial charge is 0.234 e. The molecule has 5 nitrogen and oxygen atoms in total. The Bertz CT molecular complexity index is 509. The van der Waals surface area contributed by atoms with Gasteiger partial charge in [0.1, 0.15) is 6.42 Å². The Balaban J connectivity index is 2.56. The number of unbranched alkanes of at least 4 members (excludes halogenated alkanes) is 3. The first-order chi connectivity index (χ1) is 10.7. The van der Waals surface area contributed by atoms with Crippen LogP contribution in [0.3, 0.4) is 0 Å². The van der Waals surface area contributed by atoms with Crippen LogP contribution < -0.4 is 14.8 Å². The summed E-state index contributed by atoms with van der Waals surface area (Å²) in [5.41, 5.74) is 0.913. The van der Waals surface area contributed by atoms with Crippen LogP contribution in [0.15, 0.2) is 18.2 Å². The largest absolute Gasteiger partial charge is 0.493 e. The molecule has 0 saturated heterocycles. The first-order valence-electron chi connectivity index (χ1n) is 7.64. The molecular formula is C17H24N2O3. The normalized spacial score (nSPS) is 9.86. The Kier molecular flexibility index (Phi) is 8.51. The van der Waals surface area contributed by atoms with Gasteiger partial charge in [-0.1, -0.05) is 32.3 Å². The molecule has 1 aromatic carbocycles. The monoisotopic (exact) mass is 304 g/mol. The third kappa shape index (κ3) is 6.49. The van der Waals surface area contributed by atoms with E-state index < -0.39 is 0 Å². The number of carbonyl (C=O) groups excluding carboxylic acids is 1. The number of methoxy groups -OCH3 is 1. The predicted molar refractivity (Wildman–Crippen MR) is 84.7 cm³/mol. The van der Waals surface area contributed by atoms with E-state index in [1.165, 1.54) is 12.8 Å². The van der Waals surface area contributed by atoms with E-state index >= 15 is 0 Å². The first kappa shape index (κ1) is 17.8. The summed E-state index contributed by atoms with van der Waals surface area (Å²) in [6.07, 6.45) is 4.45. The van der Waals surface area contributed by atoms with Crippen molar-refractivity contribution < 1.29 is 14.3 Å². The highest BCUT2D eigenvalue weighted by Gasteiger charge is 2.07. The van der Waals surface area contributed by atoms with Gasteiger partial charge in [0.25, 0.3) is 0 Å². The minimum Gasteiger partial charge on any atom is -0.493 e. The van der Waals surface area contributed by atoms with E-state index in [0.29, 0.717) is 24.7 Å². The van der Waals surface area contributed by atoms with E-state index in [0.717, 1.165) is 18.4 Å². The van der Waals surface area contributed by atoms with Crippen molar-refractivity contribution in [2.45, 2.75) is 45.6 Å². The van der Waals surface area contributed by atoms with Crippen molar-refractivity contribution >= 4 is 5.91 Å². The molecule has 0 atom stereocenters. The van der Waals surface area contributed by atoms with Crippen LogP contribution in [0.2, 0.25) is 0 Å². The summed E-state index contributed by atoms with van der Waals surface area (Å²) in [5.74, 6) is 1.09. The second kappa shape index (κ2) is 10.5. The molecule has 120 valence electrons. The lowest BCUT2D eigenvalue weighted by Crippen LogP contribution is -2.21. The van der Waals surface area contributed by atoms with Crippen molar-refractivity contribution in [3.8, 4) is 17.6 Å². The van der Waals surface area contributed by atoms with Gasteiger partial charge in [-0.05, 0) is 24.1 Å². The van der Waals surface area contributed by atoms with E-state index in [2.05, 4.69) is 12.2 Å². The number of ether oxygens (including phenoxy) is 2. The fourth-order valence-corrected chi connectivity index (χ4v) is 1.99. The number of nitrogens with zero attached hydrogens (tertiary/aromatic N) is 1. The zero-order valence-corrected chi connectivity index (χ0v) is 13.4. The third-order valence-electron chi connectivity index (χ3n) is 3.21. The Labute approximate surface area is 132 Å². The fourth-order valence-electron chi connectivity index (χ4n) is 1.99. The van der Waals surface area contributed by atoms with Gasteiger partial charge < -0.3 is 14.8 Å². The predicted octanol–water partition coefficient (Wildman–Crippen LogP) is 3.18. The summed E-state index contributed by atoms with van der Waals surface area (Å²) < 4.78 is 11.1. The number of amides is 1. The maximum Gasteiger partial charge on any atom is 0.234 e. The molecule has 0 heterocycles. The van der Waals surface area contributed by atoms with Crippen LogP contribution in [0, 0.1) is 11.3 Å². The second-order valence-corrected chi connectivity index (χ2v) is 5.01. The SMILES string of the molecule is CCCCCCOc1cc(CNC(=O)CC#N)ccc1OC. The Morgan fingerprint density at radius 2 is 2.09 bits per heavy atom. The number of hydrogen-bond acceptors (Lipinski definition) is 4. The molecule has 1 N–H and O–H groups in total. The molecule has 22 heavy (non-hydrogen) atoms. The van der Waals surface area contributed by atoms with Gasteiger partial charge in [-0.15, -0.1) is 0 Å². The van der Waals surface area contributed by atoms with Gasteiger partial charge in [0, 0.05) is 6.54 Å². The molecule has 1 amide bonds. The second-order valence-electron chi connectivity index (χ2n) is 5.01. The molecule has 0 aliphatic carbocycles. The van der Waals surface area contributed by atoms with E-state index in [9.17, 15) is 4.79 Å². The number of carbonyl (C=O) groups is 1. The standard InChI is InChI=1S/C17H24N2O3/c1-3-4-5-6-11-22-16-12-14(7-8-15(16)21-2)13-19-17(20)9-10-18/h7-8,12H,3-6,9,11,13H2,1-2H3,(H,19,20). The molecule has 0 spiro atoms. The maximum absolute atomic E-state index is 11.3. The van der Waals surface area contributed by atoms with E-state index in [1.807, 2.05) is 24.3 Å². The average Bonchev–Trinajstić information content (AvgIpc) is 2.53.